The minimum absolute atomic E-state index is 0.288. The number of hydrogen-bond acceptors (Lipinski definition) is 5. The van der Waals surface area contributed by atoms with E-state index in [0.29, 0.717) is 11.1 Å². The second-order valence-corrected chi connectivity index (χ2v) is 6.18. The maximum atomic E-state index is 12.7. The summed E-state index contributed by atoms with van der Waals surface area (Å²) in [6.07, 6.45) is 0. The highest BCUT2D eigenvalue weighted by atomic mass is 79.9. The van der Waals surface area contributed by atoms with Crippen molar-refractivity contribution >= 4 is 21.7 Å². The first kappa shape index (κ1) is 16.2. The number of ketones is 1. The molecule has 7 heteroatoms. The highest BCUT2D eigenvalue weighted by Crippen LogP contribution is 2.43. The van der Waals surface area contributed by atoms with E-state index in [9.17, 15) is 20.0 Å². The normalized spacial score (nSPS) is 17.6. The van der Waals surface area contributed by atoms with Crippen molar-refractivity contribution in [1.29, 1.82) is 0 Å². The number of halogens is 1. The predicted molar refractivity (Wildman–Crippen MR) is 89.9 cm³/mol. The monoisotopic (exact) mass is 389 g/mol. The number of Topliss-reactive ketones (excluding diaryl/α,β-unsaturated/α-hetero) is 1. The van der Waals surface area contributed by atoms with E-state index in [1.165, 1.54) is 0 Å². The second-order valence-electron chi connectivity index (χ2n) is 5.20. The Bertz CT molecular complexity index is 834. The molecule has 0 saturated carbocycles. The van der Waals surface area contributed by atoms with Crippen LogP contribution in [0.3, 0.4) is 0 Å². The van der Waals surface area contributed by atoms with Gasteiger partial charge in [-0.2, -0.15) is 0 Å². The van der Waals surface area contributed by atoms with Crippen molar-refractivity contribution in [2.75, 3.05) is 0 Å². The maximum Gasteiger partial charge on any atom is 0.360 e. The average molecular weight is 390 g/mol. The molecule has 0 fully saturated rings. The van der Waals surface area contributed by atoms with E-state index < -0.39 is 27.3 Å². The van der Waals surface area contributed by atoms with Crippen LogP contribution in [0.1, 0.15) is 21.8 Å². The largest absolute Gasteiger partial charge is 0.476 e. The van der Waals surface area contributed by atoms with Gasteiger partial charge in [-0.1, -0.05) is 64.5 Å². The molecule has 0 radical (unpaired) electrons. The Morgan fingerprint density at radius 1 is 1.17 bits per heavy atom. The molecule has 1 aliphatic rings. The van der Waals surface area contributed by atoms with Gasteiger partial charge in [-0.3, -0.25) is 14.9 Å². The number of para-hydroxylation sites is 1. The molecule has 2 atom stereocenters. The fourth-order valence-corrected chi connectivity index (χ4v) is 3.47. The van der Waals surface area contributed by atoms with Gasteiger partial charge in [0.05, 0.1) is 9.75 Å². The van der Waals surface area contributed by atoms with E-state index in [-0.39, 0.29) is 11.5 Å². The summed E-state index contributed by atoms with van der Waals surface area (Å²) >= 11 is 3.29. The fourth-order valence-electron chi connectivity index (χ4n) is 2.67. The van der Waals surface area contributed by atoms with Gasteiger partial charge in [0.2, 0.25) is 0 Å². The number of carbonyl (C=O) groups is 1. The molecule has 2 aromatic carbocycles. The molecule has 2 unspecified atom stereocenters. The van der Waals surface area contributed by atoms with Crippen molar-refractivity contribution in [3.8, 4) is 5.75 Å². The summed E-state index contributed by atoms with van der Waals surface area (Å²) in [5, 5.41) is 21.4. The first-order chi connectivity index (χ1) is 11.5. The number of hydrogen-bond donors (Lipinski definition) is 1. The summed E-state index contributed by atoms with van der Waals surface area (Å²) in [6, 6.07) is 15.1. The molecule has 1 heterocycles. The van der Waals surface area contributed by atoms with Crippen LogP contribution in [0.25, 0.3) is 0 Å². The van der Waals surface area contributed by atoms with Gasteiger partial charge in [-0.15, -0.1) is 0 Å². The van der Waals surface area contributed by atoms with E-state index in [4.69, 9.17) is 4.74 Å². The predicted octanol–water partition coefficient (Wildman–Crippen LogP) is 3.81. The molecular formula is C17H12BrNO5. The average Bonchev–Trinajstić information content (AvgIpc) is 2.59. The highest BCUT2D eigenvalue weighted by Gasteiger charge is 2.45. The number of fused-ring (bicyclic) bond motifs is 1. The Balaban J connectivity index is 2.09. The number of benzene rings is 2. The number of nitro groups is 1. The van der Waals surface area contributed by atoms with Crippen LogP contribution >= 0.6 is 15.9 Å². The SMILES string of the molecule is O=C(c1ccccc1)C(Br)C1C([N+](=O)[O-])=C(O)Oc2ccccc21. The van der Waals surface area contributed by atoms with Crippen molar-refractivity contribution < 1.29 is 19.6 Å². The third-order valence-electron chi connectivity index (χ3n) is 3.77. The van der Waals surface area contributed by atoms with Gasteiger partial charge in [-0.05, 0) is 6.07 Å². The zero-order valence-electron chi connectivity index (χ0n) is 12.3. The first-order valence-corrected chi connectivity index (χ1v) is 8.00. The molecule has 0 bridgehead atoms. The van der Waals surface area contributed by atoms with Gasteiger partial charge in [0, 0.05) is 11.1 Å². The molecule has 3 rings (SSSR count). The lowest BCUT2D eigenvalue weighted by molar-refractivity contribution is -0.435. The van der Waals surface area contributed by atoms with Crippen LogP contribution in [0, 0.1) is 10.1 Å². The summed E-state index contributed by atoms with van der Waals surface area (Å²) in [5.74, 6) is -1.80. The van der Waals surface area contributed by atoms with E-state index in [1.807, 2.05) is 0 Å². The van der Waals surface area contributed by atoms with Crippen molar-refractivity contribution in [1.82, 2.24) is 0 Å². The number of carbonyl (C=O) groups excluding carboxylic acids is 1. The third kappa shape index (κ3) is 2.78. The van der Waals surface area contributed by atoms with E-state index in [1.54, 1.807) is 54.6 Å². The summed E-state index contributed by atoms with van der Waals surface area (Å²) in [4.78, 5) is 22.5. The topological polar surface area (TPSA) is 89.7 Å². The zero-order chi connectivity index (χ0) is 17.3. The molecule has 0 aliphatic carbocycles. The number of ether oxygens (including phenoxy) is 1. The Morgan fingerprint density at radius 3 is 2.46 bits per heavy atom. The smallest absolute Gasteiger partial charge is 0.360 e. The molecule has 24 heavy (non-hydrogen) atoms. The molecule has 0 amide bonds. The van der Waals surface area contributed by atoms with Crippen molar-refractivity contribution in [2.45, 2.75) is 10.7 Å². The van der Waals surface area contributed by atoms with E-state index in [0.717, 1.165) is 0 Å². The Morgan fingerprint density at radius 2 is 1.79 bits per heavy atom. The fraction of sp³-hybridized carbons (Fsp3) is 0.118. The molecule has 0 aromatic heterocycles. The second kappa shape index (κ2) is 6.45. The van der Waals surface area contributed by atoms with Gasteiger partial charge < -0.3 is 9.84 Å². The summed E-state index contributed by atoms with van der Waals surface area (Å²) in [5.41, 5.74) is 0.346. The molecule has 122 valence electrons. The zero-order valence-corrected chi connectivity index (χ0v) is 13.8. The quantitative estimate of drug-likeness (QED) is 0.371. The molecule has 0 saturated heterocycles. The molecule has 1 N–H and O–H groups in total. The van der Waals surface area contributed by atoms with Crippen LogP contribution in [-0.4, -0.2) is 20.6 Å². The van der Waals surface area contributed by atoms with Crippen LogP contribution in [0.4, 0.5) is 0 Å². The number of rotatable bonds is 4. The summed E-state index contributed by atoms with van der Waals surface area (Å²) < 4.78 is 5.13. The Kier molecular flexibility index (Phi) is 4.35. The lowest BCUT2D eigenvalue weighted by atomic mass is 9.87. The third-order valence-corrected chi connectivity index (χ3v) is 4.72. The number of aliphatic hydroxyl groups excluding tert-OH is 1. The molecule has 6 nitrogen and oxygen atoms in total. The van der Waals surface area contributed by atoms with E-state index in [2.05, 4.69) is 15.9 Å². The van der Waals surface area contributed by atoms with Crippen LogP contribution in [0.15, 0.2) is 66.2 Å². The minimum atomic E-state index is -0.974. The molecular weight excluding hydrogens is 378 g/mol. The molecule has 0 spiro atoms. The van der Waals surface area contributed by atoms with Crippen molar-refractivity contribution in [3.63, 3.8) is 0 Å². The minimum Gasteiger partial charge on any atom is -0.476 e. The lowest BCUT2D eigenvalue weighted by Gasteiger charge is -2.25. The molecule has 1 aliphatic heterocycles. The summed E-state index contributed by atoms with van der Waals surface area (Å²) in [6.45, 7) is 0. The lowest BCUT2D eigenvalue weighted by Crippen LogP contribution is -2.31. The van der Waals surface area contributed by atoms with E-state index >= 15 is 0 Å². The van der Waals surface area contributed by atoms with Crippen LogP contribution in [0.2, 0.25) is 0 Å². The van der Waals surface area contributed by atoms with Gasteiger partial charge >= 0.3 is 11.6 Å². The van der Waals surface area contributed by atoms with Crippen LogP contribution in [-0.2, 0) is 0 Å². The molecule has 2 aromatic rings. The number of allylic oxidation sites excluding steroid dienone is 1. The Hall–Kier alpha value is -2.67. The van der Waals surface area contributed by atoms with Crippen molar-refractivity contribution in [3.05, 3.63) is 87.5 Å². The van der Waals surface area contributed by atoms with Crippen LogP contribution in [0.5, 0.6) is 5.75 Å². The Labute approximate surface area is 145 Å². The van der Waals surface area contributed by atoms with Crippen molar-refractivity contribution in [2.24, 2.45) is 0 Å². The van der Waals surface area contributed by atoms with Crippen LogP contribution < -0.4 is 4.74 Å². The number of aliphatic hydroxyl groups is 1. The standard InChI is InChI=1S/C17H12BrNO5/c18-14(16(20)10-6-2-1-3-7-10)13-11-8-4-5-9-12(11)24-17(21)15(13)19(22)23/h1-9,13-14,21H. The number of alkyl halides is 1. The van der Waals surface area contributed by atoms with Gasteiger partial charge in [0.1, 0.15) is 11.7 Å². The summed E-state index contributed by atoms with van der Waals surface area (Å²) in [7, 11) is 0. The highest BCUT2D eigenvalue weighted by molar-refractivity contribution is 9.10. The number of nitrogens with zero attached hydrogens (tertiary/aromatic N) is 1. The maximum absolute atomic E-state index is 12.7. The van der Waals surface area contributed by atoms with Gasteiger partial charge in [-0.25, -0.2) is 0 Å². The van der Waals surface area contributed by atoms with Gasteiger partial charge in [0.25, 0.3) is 0 Å². The van der Waals surface area contributed by atoms with Gasteiger partial charge in [0.15, 0.2) is 5.78 Å². The first-order valence-electron chi connectivity index (χ1n) is 7.08.